The Balaban J connectivity index is 2.52. The van der Waals surface area contributed by atoms with E-state index in [2.05, 4.69) is 15.6 Å². The average Bonchev–Trinajstić information content (AvgIpc) is 2.22. The molecule has 82 valence electrons. The summed E-state index contributed by atoms with van der Waals surface area (Å²) in [7, 11) is 0. The Labute approximate surface area is 88.9 Å². The van der Waals surface area contributed by atoms with Gasteiger partial charge in [-0.05, 0) is 19.9 Å². The second kappa shape index (κ2) is 5.85. The van der Waals surface area contributed by atoms with Crippen molar-refractivity contribution in [3.8, 4) is 5.88 Å². The molecule has 0 saturated heterocycles. The number of hydrogen-bond acceptors (Lipinski definition) is 3. The molecule has 0 aliphatic carbocycles. The summed E-state index contributed by atoms with van der Waals surface area (Å²) in [5.74, 6) is 0.555. The van der Waals surface area contributed by atoms with Gasteiger partial charge in [0.25, 0.3) is 0 Å². The lowest BCUT2D eigenvalue weighted by atomic mass is 10.4. The summed E-state index contributed by atoms with van der Waals surface area (Å²) in [6.45, 7) is 4.92. The molecule has 0 aliphatic heterocycles. The number of rotatable bonds is 4. The van der Waals surface area contributed by atoms with E-state index in [1.165, 1.54) is 0 Å². The smallest absolute Gasteiger partial charge is 0.319 e. The second-order valence-electron chi connectivity index (χ2n) is 2.80. The van der Waals surface area contributed by atoms with E-state index in [9.17, 15) is 4.79 Å². The van der Waals surface area contributed by atoms with E-state index < -0.39 is 0 Å². The van der Waals surface area contributed by atoms with E-state index >= 15 is 0 Å². The topological polar surface area (TPSA) is 63.2 Å². The van der Waals surface area contributed by atoms with Gasteiger partial charge in [-0.15, -0.1) is 0 Å². The fraction of sp³-hybridized carbons (Fsp3) is 0.400. The maximum Gasteiger partial charge on any atom is 0.319 e. The molecule has 0 fully saturated rings. The lowest BCUT2D eigenvalue weighted by molar-refractivity contribution is 0.252. The highest BCUT2D eigenvalue weighted by atomic mass is 16.5. The van der Waals surface area contributed by atoms with E-state index in [0.29, 0.717) is 24.7 Å². The van der Waals surface area contributed by atoms with Crippen molar-refractivity contribution in [2.75, 3.05) is 18.5 Å². The predicted octanol–water partition coefficient (Wildman–Crippen LogP) is 1.62. The molecule has 0 aliphatic rings. The first kappa shape index (κ1) is 11.3. The van der Waals surface area contributed by atoms with E-state index in [0.717, 1.165) is 0 Å². The number of anilines is 1. The molecule has 0 bridgehead atoms. The maximum absolute atomic E-state index is 11.1. The van der Waals surface area contributed by atoms with Crippen molar-refractivity contribution in [1.29, 1.82) is 0 Å². The molecule has 1 heterocycles. The highest BCUT2D eigenvalue weighted by molar-refractivity contribution is 5.88. The van der Waals surface area contributed by atoms with Gasteiger partial charge in [0.1, 0.15) is 0 Å². The van der Waals surface area contributed by atoms with Crippen LogP contribution >= 0.6 is 0 Å². The summed E-state index contributed by atoms with van der Waals surface area (Å²) >= 11 is 0. The van der Waals surface area contributed by atoms with Gasteiger partial charge in [-0.25, -0.2) is 9.78 Å². The molecular weight excluding hydrogens is 194 g/mol. The van der Waals surface area contributed by atoms with E-state index in [1.807, 2.05) is 13.8 Å². The molecule has 0 aromatic carbocycles. The first-order valence-corrected chi connectivity index (χ1v) is 4.90. The zero-order chi connectivity index (χ0) is 11.1. The molecule has 1 rings (SSSR count). The molecule has 2 N–H and O–H groups in total. The van der Waals surface area contributed by atoms with Crippen LogP contribution in [0.25, 0.3) is 0 Å². The zero-order valence-corrected chi connectivity index (χ0v) is 8.91. The van der Waals surface area contributed by atoms with Crippen LogP contribution in [0.5, 0.6) is 5.88 Å². The van der Waals surface area contributed by atoms with Crippen LogP contribution in [0.1, 0.15) is 13.8 Å². The summed E-state index contributed by atoms with van der Waals surface area (Å²) in [5.41, 5.74) is 0.643. The Morgan fingerprint density at radius 2 is 2.27 bits per heavy atom. The largest absolute Gasteiger partial charge is 0.478 e. The predicted molar refractivity (Wildman–Crippen MR) is 58.1 cm³/mol. The van der Waals surface area contributed by atoms with Crippen LogP contribution in [0.3, 0.4) is 0 Å². The molecule has 1 aromatic rings. The van der Waals surface area contributed by atoms with Gasteiger partial charge >= 0.3 is 6.03 Å². The zero-order valence-electron chi connectivity index (χ0n) is 8.91. The number of nitrogens with zero attached hydrogens (tertiary/aromatic N) is 1. The first-order chi connectivity index (χ1) is 7.26. The number of nitrogens with one attached hydrogen (secondary N) is 2. The minimum absolute atomic E-state index is 0.233. The van der Waals surface area contributed by atoms with Gasteiger partial charge in [-0.1, -0.05) is 0 Å². The van der Waals surface area contributed by atoms with Crippen LogP contribution in [0.15, 0.2) is 18.3 Å². The number of amides is 2. The molecule has 2 amide bonds. The van der Waals surface area contributed by atoms with Crippen LogP contribution in [-0.4, -0.2) is 24.2 Å². The average molecular weight is 209 g/mol. The third-order valence-corrected chi connectivity index (χ3v) is 1.62. The van der Waals surface area contributed by atoms with Crippen molar-refractivity contribution < 1.29 is 9.53 Å². The third kappa shape index (κ3) is 3.84. The number of carbonyl (C=O) groups excluding carboxylic acids is 1. The lowest BCUT2D eigenvalue weighted by Gasteiger charge is -2.06. The SMILES string of the molecule is CCNC(=O)Nc1ccc(OCC)nc1. The summed E-state index contributed by atoms with van der Waals surface area (Å²) in [6.07, 6.45) is 1.56. The Bertz CT molecular complexity index is 311. The highest BCUT2D eigenvalue weighted by Crippen LogP contribution is 2.10. The molecule has 0 radical (unpaired) electrons. The van der Waals surface area contributed by atoms with Crippen molar-refractivity contribution >= 4 is 11.7 Å². The number of hydrogen-bond donors (Lipinski definition) is 2. The third-order valence-electron chi connectivity index (χ3n) is 1.62. The quantitative estimate of drug-likeness (QED) is 0.792. The van der Waals surface area contributed by atoms with Crippen molar-refractivity contribution in [3.05, 3.63) is 18.3 Å². The summed E-state index contributed by atoms with van der Waals surface area (Å²) < 4.78 is 5.17. The Morgan fingerprint density at radius 1 is 1.47 bits per heavy atom. The number of aromatic nitrogens is 1. The van der Waals surface area contributed by atoms with Crippen LogP contribution < -0.4 is 15.4 Å². The number of pyridine rings is 1. The van der Waals surface area contributed by atoms with Gasteiger partial charge in [0, 0.05) is 12.6 Å². The number of carbonyl (C=O) groups is 1. The standard InChI is InChI=1S/C10H15N3O2/c1-3-11-10(14)13-8-5-6-9(12-7-8)15-4-2/h5-7H,3-4H2,1-2H3,(H2,11,13,14). The number of urea groups is 1. The molecule has 1 aromatic heterocycles. The molecule has 0 atom stereocenters. The molecule has 5 nitrogen and oxygen atoms in total. The monoisotopic (exact) mass is 209 g/mol. The van der Waals surface area contributed by atoms with Gasteiger partial charge in [0.05, 0.1) is 18.5 Å². The van der Waals surface area contributed by atoms with Gasteiger partial charge < -0.3 is 15.4 Å². The van der Waals surface area contributed by atoms with Crippen molar-refractivity contribution in [2.45, 2.75) is 13.8 Å². The second-order valence-corrected chi connectivity index (χ2v) is 2.80. The van der Waals surface area contributed by atoms with Crippen LogP contribution in [0.2, 0.25) is 0 Å². The van der Waals surface area contributed by atoms with Crippen LogP contribution in [0.4, 0.5) is 10.5 Å². The van der Waals surface area contributed by atoms with Crippen LogP contribution in [-0.2, 0) is 0 Å². The molecule has 0 saturated carbocycles. The molecule has 15 heavy (non-hydrogen) atoms. The molecule has 5 heteroatoms. The highest BCUT2D eigenvalue weighted by Gasteiger charge is 2.00. The normalized spacial score (nSPS) is 9.47. The Morgan fingerprint density at radius 3 is 2.80 bits per heavy atom. The molecule has 0 unspecified atom stereocenters. The summed E-state index contributed by atoms with van der Waals surface area (Å²) in [6, 6.07) is 3.22. The van der Waals surface area contributed by atoms with Crippen molar-refractivity contribution in [1.82, 2.24) is 10.3 Å². The Kier molecular flexibility index (Phi) is 4.40. The van der Waals surface area contributed by atoms with Gasteiger partial charge in [0.2, 0.25) is 5.88 Å². The lowest BCUT2D eigenvalue weighted by Crippen LogP contribution is -2.28. The fourth-order valence-electron chi connectivity index (χ4n) is 1.02. The molecule has 0 spiro atoms. The summed E-state index contributed by atoms with van der Waals surface area (Å²) in [4.78, 5) is 15.2. The van der Waals surface area contributed by atoms with E-state index in [1.54, 1.807) is 18.3 Å². The maximum atomic E-state index is 11.1. The van der Waals surface area contributed by atoms with Gasteiger partial charge in [0.15, 0.2) is 0 Å². The van der Waals surface area contributed by atoms with Gasteiger partial charge in [-0.3, -0.25) is 0 Å². The van der Waals surface area contributed by atoms with Crippen molar-refractivity contribution in [2.24, 2.45) is 0 Å². The first-order valence-electron chi connectivity index (χ1n) is 4.90. The molecular formula is C10H15N3O2. The van der Waals surface area contributed by atoms with Gasteiger partial charge in [-0.2, -0.15) is 0 Å². The Hall–Kier alpha value is -1.78. The minimum atomic E-state index is -0.233. The minimum Gasteiger partial charge on any atom is -0.478 e. The fourth-order valence-corrected chi connectivity index (χ4v) is 1.02. The van der Waals surface area contributed by atoms with E-state index in [-0.39, 0.29) is 6.03 Å². The summed E-state index contributed by atoms with van der Waals surface area (Å²) in [5, 5.41) is 5.27. The number of ether oxygens (including phenoxy) is 1. The van der Waals surface area contributed by atoms with E-state index in [4.69, 9.17) is 4.74 Å². The van der Waals surface area contributed by atoms with Crippen molar-refractivity contribution in [3.63, 3.8) is 0 Å². The van der Waals surface area contributed by atoms with Crippen LogP contribution in [0, 0.1) is 0 Å².